The normalized spacial score (nSPS) is 10.6. The first-order chi connectivity index (χ1) is 12.5. The number of ether oxygens (including phenoxy) is 1. The zero-order valence-corrected chi connectivity index (χ0v) is 17.5. The van der Waals surface area contributed by atoms with Crippen molar-refractivity contribution in [1.82, 2.24) is 4.57 Å². The fourth-order valence-electron chi connectivity index (χ4n) is 2.65. The molecule has 0 atom stereocenters. The van der Waals surface area contributed by atoms with E-state index in [1.165, 1.54) is 11.8 Å². The summed E-state index contributed by atoms with van der Waals surface area (Å²) in [5, 5.41) is 12.4. The third-order valence-electron chi connectivity index (χ3n) is 4.10. The van der Waals surface area contributed by atoms with Crippen LogP contribution >= 0.6 is 27.7 Å². The third kappa shape index (κ3) is 5.13. The van der Waals surface area contributed by atoms with Gasteiger partial charge in [0, 0.05) is 35.3 Å². The van der Waals surface area contributed by atoms with Gasteiger partial charge in [-0.2, -0.15) is 5.26 Å². The van der Waals surface area contributed by atoms with Crippen molar-refractivity contribution in [2.24, 2.45) is 0 Å². The van der Waals surface area contributed by atoms with Crippen LogP contribution in [0.3, 0.4) is 0 Å². The van der Waals surface area contributed by atoms with Crippen molar-refractivity contribution in [3.63, 3.8) is 0 Å². The van der Waals surface area contributed by atoms with Gasteiger partial charge in [0.2, 0.25) is 5.91 Å². The molecular formula is C19H22BrN3O2S. The smallest absolute Gasteiger partial charge is 0.235 e. The van der Waals surface area contributed by atoms with Gasteiger partial charge in [-0.15, -0.1) is 11.8 Å². The quantitative estimate of drug-likeness (QED) is 0.489. The molecule has 138 valence electrons. The van der Waals surface area contributed by atoms with Crippen LogP contribution in [0.25, 0.3) is 0 Å². The number of aromatic nitrogens is 1. The molecule has 0 saturated heterocycles. The number of amides is 1. The Morgan fingerprint density at radius 3 is 2.85 bits per heavy atom. The van der Waals surface area contributed by atoms with Crippen LogP contribution in [0.1, 0.15) is 23.2 Å². The van der Waals surface area contributed by atoms with E-state index in [-0.39, 0.29) is 11.7 Å². The molecule has 0 aliphatic carbocycles. The average molecular weight is 436 g/mol. The van der Waals surface area contributed by atoms with E-state index in [2.05, 4.69) is 27.3 Å². The standard InChI is InChI=1S/C19H22BrN3O2S/c1-13-14(2)23(8-5-9-25-3)19(17(13)11-21)22-18(24)12-26-16-7-4-6-15(20)10-16/h4,6-7,10H,5,8-9,12H2,1-3H3,(H,22,24). The van der Waals surface area contributed by atoms with Gasteiger partial charge in [0.15, 0.2) is 0 Å². The Bertz CT molecular complexity index is 827. The van der Waals surface area contributed by atoms with Crippen LogP contribution in [-0.2, 0) is 16.1 Å². The minimum absolute atomic E-state index is 0.128. The summed E-state index contributed by atoms with van der Waals surface area (Å²) in [6.07, 6.45) is 0.811. The highest BCUT2D eigenvalue weighted by atomic mass is 79.9. The molecule has 2 rings (SSSR count). The molecule has 0 aliphatic heterocycles. The largest absolute Gasteiger partial charge is 0.385 e. The lowest BCUT2D eigenvalue weighted by molar-refractivity contribution is -0.113. The molecule has 0 radical (unpaired) electrons. The van der Waals surface area contributed by atoms with E-state index >= 15 is 0 Å². The number of nitrogens with one attached hydrogen (secondary N) is 1. The lowest BCUT2D eigenvalue weighted by atomic mass is 10.2. The lowest BCUT2D eigenvalue weighted by Gasteiger charge is -2.13. The van der Waals surface area contributed by atoms with Crippen LogP contribution in [-0.4, -0.2) is 29.9 Å². The van der Waals surface area contributed by atoms with E-state index in [1.54, 1.807) is 7.11 Å². The van der Waals surface area contributed by atoms with Crippen LogP contribution in [0.4, 0.5) is 5.82 Å². The number of anilines is 1. The van der Waals surface area contributed by atoms with E-state index in [0.29, 0.717) is 24.5 Å². The molecule has 0 bridgehead atoms. The number of halogens is 1. The third-order valence-corrected chi connectivity index (χ3v) is 5.58. The number of hydrogen-bond donors (Lipinski definition) is 1. The topological polar surface area (TPSA) is 67.1 Å². The molecule has 26 heavy (non-hydrogen) atoms. The molecule has 0 spiro atoms. The Hall–Kier alpha value is -1.75. The summed E-state index contributed by atoms with van der Waals surface area (Å²) in [7, 11) is 1.66. The van der Waals surface area contributed by atoms with Crippen molar-refractivity contribution in [3.8, 4) is 6.07 Å². The molecule has 0 saturated carbocycles. The maximum Gasteiger partial charge on any atom is 0.235 e. The van der Waals surface area contributed by atoms with Gasteiger partial charge < -0.3 is 14.6 Å². The Balaban J connectivity index is 2.12. The van der Waals surface area contributed by atoms with E-state index in [4.69, 9.17) is 4.74 Å². The van der Waals surface area contributed by atoms with Crippen molar-refractivity contribution >= 4 is 39.4 Å². The summed E-state index contributed by atoms with van der Waals surface area (Å²) in [5.41, 5.74) is 2.42. The fraction of sp³-hybridized carbons (Fsp3) is 0.368. The number of carbonyl (C=O) groups excluding carboxylic acids is 1. The predicted molar refractivity (Wildman–Crippen MR) is 109 cm³/mol. The molecule has 1 heterocycles. The monoisotopic (exact) mass is 435 g/mol. The second kappa shape index (κ2) is 9.81. The maximum atomic E-state index is 12.5. The van der Waals surface area contributed by atoms with Crippen molar-refractivity contribution in [2.75, 3.05) is 24.8 Å². The van der Waals surface area contributed by atoms with E-state index < -0.39 is 0 Å². The molecule has 1 amide bonds. The van der Waals surface area contributed by atoms with Crippen molar-refractivity contribution in [2.45, 2.75) is 31.7 Å². The molecule has 0 fully saturated rings. The zero-order chi connectivity index (χ0) is 19.1. The fourth-order valence-corrected chi connectivity index (χ4v) is 3.96. The van der Waals surface area contributed by atoms with Gasteiger partial charge in [-0.25, -0.2) is 0 Å². The number of rotatable bonds is 8. The summed E-state index contributed by atoms with van der Waals surface area (Å²) in [5.74, 6) is 0.735. The van der Waals surface area contributed by atoms with Gasteiger partial charge in [0.1, 0.15) is 11.9 Å². The van der Waals surface area contributed by atoms with Crippen molar-refractivity contribution in [3.05, 3.63) is 45.6 Å². The van der Waals surface area contributed by atoms with Crippen LogP contribution in [0.5, 0.6) is 0 Å². The minimum atomic E-state index is -0.128. The second-order valence-electron chi connectivity index (χ2n) is 5.84. The number of nitriles is 1. The number of thioether (sulfide) groups is 1. The van der Waals surface area contributed by atoms with Crippen LogP contribution in [0, 0.1) is 25.2 Å². The molecule has 7 heteroatoms. The number of methoxy groups -OCH3 is 1. The molecule has 0 aliphatic rings. The van der Waals surface area contributed by atoms with Crippen LogP contribution in [0.2, 0.25) is 0 Å². The Morgan fingerprint density at radius 1 is 1.42 bits per heavy atom. The van der Waals surface area contributed by atoms with E-state index in [0.717, 1.165) is 27.0 Å². The van der Waals surface area contributed by atoms with E-state index in [1.807, 2.05) is 42.7 Å². The van der Waals surface area contributed by atoms with Crippen molar-refractivity contribution in [1.29, 1.82) is 5.26 Å². The predicted octanol–water partition coefficient (Wildman–Crippen LogP) is 4.51. The van der Waals surface area contributed by atoms with Crippen molar-refractivity contribution < 1.29 is 9.53 Å². The molecule has 1 aromatic heterocycles. The maximum absolute atomic E-state index is 12.5. The summed E-state index contributed by atoms with van der Waals surface area (Å²) < 4.78 is 8.09. The van der Waals surface area contributed by atoms with Gasteiger partial charge in [-0.1, -0.05) is 22.0 Å². The number of hydrogen-bond acceptors (Lipinski definition) is 4. The summed E-state index contributed by atoms with van der Waals surface area (Å²) in [6, 6.07) is 10.0. The number of carbonyl (C=O) groups is 1. The summed E-state index contributed by atoms with van der Waals surface area (Å²) in [4.78, 5) is 13.5. The minimum Gasteiger partial charge on any atom is -0.385 e. The van der Waals surface area contributed by atoms with Gasteiger partial charge in [0.05, 0.1) is 11.3 Å². The molecular weight excluding hydrogens is 414 g/mol. The zero-order valence-electron chi connectivity index (χ0n) is 15.1. The highest BCUT2D eigenvalue weighted by Crippen LogP contribution is 2.27. The van der Waals surface area contributed by atoms with Crippen LogP contribution in [0.15, 0.2) is 33.6 Å². The molecule has 5 nitrogen and oxygen atoms in total. The van der Waals surface area contributed by atoms with Gasteiger partial charge >= 0.3 is 0 Å². The Labute approximate surface area is 166 Å². The lowest BCUT2D eigenvalue weighted by Crippen LogP contribution is -2.18. The molecule has 0 unspecified atom stereocenters. The second-order valence-corrected chi connectivity index (χ2v) is 7.80. The first kappa shape index (κ1) is 20.6. The first-order valence-corrected chi connectivity index (χ1v) is 10.0. The highest BCUT2D eigenvalue weighted by Gasteiger charge is 2.19. The van der Waals surface area contributed by atoms with Gasteiger partial charge in [-0.05, 0) is 44.0 Å². The highest BCUT2D eigenvalue weighted by molar-refractivity contribution is 9.10. The Kier molecular flexibility index (Phi) is 7.76. The average Bonchev–Trinajstić information content (AvgIpc) is 2.84. The molecule has 1 N–H and O–H groups in total. The molecule has 1 aromatic carbocycles. The molecule has 2 aromatic rings. The van der Waals surface area contributed by atoms with Gasteiger partial charge in [0.25, 0.3) is 0 Å². The first-order valence-electron chi connectivity index (χ1n) is 8.24. The number of benzene rings is 1. The van der Waals surface area contributed by atoms with E-state index in [9.17, 15) is 10.1 Å². The van der Waals surface area contributed by atoms with Gasteiger partial charge in [-0.3, -0.25) is 4.79 Å². The summed E-state index contributed by atoms with van der Waals surface area (Å²) in [6.45, 7) is 5.20. The number of nitrogens with zero attached hydrogens (tertiary/aromatic N) is 2. The van der Waals surface area contributed by atoms with Crippen LogP contribution < -0.4 is 5.32 Å². The SMILES string of the molecule is COCCCn1c(C)c(C)c(C#N)c1NC(=O)CSc1cccc(Br)c1. The Morgan fingerprint density at radius 2 is 2.19 bits per heavy atom. The summed E-state index contributed by atoms with van der Waals surface area (Å²) >= 11 is 4.89.